The normalized spacial score (nSPS) is 12.0. The van der Waals surface area contributed by atoms with Crippen LogP contribution in [-0.2, 0) is 0 Å². The Morgan fingerprint density at radius 3 is 2.05 bits per heavy atom. The van der Waals surface area contributed by atoms with Crippen molar-refractivity contribution in [2.75, 3.05) is 24.3 Å². The molecule has 2 aromatic rings. The maximum atomic E-state index is 9.57. The summed E-state index contributed by atoms with van der Waals surface area (Å²) in [6.07, 6.45) is 0. The average molecular weight is 325 g/mol. The van der Waals surface area contributed by atoms with Crippen molar-refractivity contribution < 1.29 is 5.11 Å². The van der Waals surface area contributed by atoms with Gasteiger partial charge < -0.3 is 15.3 Å². The summed E-state index contributed by atoms with van der Waals surface area (Å²) in [6.45, 7) is 2.05. The molecule has 112 valence electrons. The fourth-order valence-corrected chi connectivity index (χ4v) is 2.53. The highest BCUT2D eigenvalue weighted by atomic mass is 35.5. The van der Waals surface area contributed by atoms with E-state index in [1.54, 1.807) is 12.1 Å². The highest BCUT2D eigenvalue weighted by Crippen LogP contribution is 2.35. The van der Waals surface area contributed by atoms with Gasteiger partial charge in [-0.25, -0.2) is 0 Å². The van der Waals surface area contributed by atoms with Gasteiger partial charge >= 0.3 is 0 Å². The fraction of sp³-hybridized carbons (Fsp3) is 0.250. The number of phenols is 1. The van der Waals surface area contributed by atoms with E-state index in [4.69, 9.17) is 23.2 Å². The minimum atomic E-state index is -0.0909. The summed E-state index contributed by atoms with van der Waals surface area (Å²) >= 11 is 11.8. The monoisotopic (exact) mass is 324 g/mol. The number of hydrogen-bond donors (Lipinski definition) is 2. The molecule has 0 saturated heterocycles. The number of anilines is 2. The smallest absolute Gasteiger partial charge is 0.152 e. The molecule has 1 atom stereocenters. The van der Waals surface area contributed by atoms with E-state index in [0.29, 0.717) is 0 Å². The Hall–Kier alpha value is -1.58. The average Bonchev–Trinajstić information content (AvgIpc) is 2.44. The molecule has 0 fully saturated rings. The summed E-state index contributed by atoms with van der Waals surface area (Å²) in [5.41, 5.74) is 3.08. The zero-order valence-corrected chi connectivity index (χ0v) is 13.7. The first kappa shape index (κ1) is 15.8. The van der Waals surface area contributed by atoms with Gasteiger partial charge in [-0.15, -0.1) is 0 Å². The van der Waals surface area contributed by atoms with E-state index in [1.807, 2.05) is 14.1 Å². The lowest BCUT2D eigenvalue weighted by Crippen LogP contribution is -2.10. The largest absolute Gasteiger partial charge is 0.505 e. The predicted octanol–water partition coefficient (Wildman–Crippen LogP) is 4.94. The molecular weight excluding hydrogens is 307 g/mol. The number of phenolic OH excluding ortho intramolecular Hbond substituents is 1. The van der Waals surface area contributed by atoms with Crippen LogP contribution in [0.4, 0.5) is 11.4 Å². The van der Waals surface area contributed by atoms with Crippen molar-refractivity contribution in [3.8, 4) is 5.75 Å². The lowest BCUT2D eigenvalue weighted by molar-refractivity contribution is 0.476. The van der Waals surface area contributed by atoms with Crippen molar-refractivity contribution in [3.63, 3.8) is 0 Å². The second-order valence-corrected chi connectivity index (χ2v) is 5.95. The number of aromatic hydroxyl groups is 1. The zero-order valence-electron chi connectivity index (χ0n) is 12.2. The van der Waals surface area contributed by atoms with E-state index >= 15 is 0 Å². The summed E-state index contributed by atoms with van der Waals surface area (Å²) in [7, 11) is 4.02. The Morgan fingerprint density at radius 2 is 1.57 bits per heavy atom. The highest BCUT2D eigenvalue weighted by Gasteiger charge is 2.10. The number of rotatable bonds is 4. The molecule has 2 aromatic carbocycles. The van der Waals surface area contributed by atoms with E-state index in [-0.39, 0.29) is 21.8 Å². The molecule has 3 nitrogen and oxygen atoms in total. The summed E-state index contributed by atoms with van der Waals surface area (Å²) in [5.74, 6) is -0.0909. The van der Waals surface area contributed by atoms with Gasteiger partial charge in [0.2, 0.25) is 0 Å². The third-order valence-electron chi connectivity index (χ3n) is 3.31. The van der Waals surface area contributed by atoms with Crippen molar-refractivity contribution in [1.82, 2.24) is 0 Å². The van der Waals surface area contributed by atoms with Crippen molar-refractivity contribution in [2.45, 2.75) is 13.0 Å². The van der Waals surface area contributed by atoms with Crippen LogP contribution in [0.5, 0.6) is 5.75 Å². The van der Waals surface area contributed by atoms with Crippen LogP contribution < -0.4 is 10.2 Å². The molecule has 2 rings (SSSR count). The SMILES string of the molecule is CC(Nc1cc(Cl)c(O)c(Cl)c1)c1ccc(N(C)C)cc1. The molecule has 0 aliphatic rings. The van der Waals surface area contributed by atoms with Gasteiger partial charge in [0.05, 0.1) is 10.0 Å². The minimum Gasteiger partial charge on any atom is -0.505 e. The Balaban J connectivity index is 2.16. The standard InChI is InChI=1S/C16H18Cl2N2O/c1-10(11-4-6-13(7-5-11)20(2)3)19-12-8-14(17)16(21)15(18)9-12/h4-10,19,21H,1-3H3. The molecule has 0 bridgehead atoms. The van der Waals surface area contributed by atoms with Gasteiger partial charge in [-0.05, 0) is 36.8 Å². The van der Waals surface area contributed by atoms with E-state index in [0.717, 1.165) is 16.9 Å². The van der Waals surface area contributed by atoms with Gasteiger partial charge in [-0.2, -0.15) is 0 Å². The van der Waals surface area contributed by atoms with E-state index in [1.165, 1.54) is 0 Å². The summed E-state index contributed by atoms with van der Waals surface area (Å²) < 4.78 is 0. The molecule has 21 heavy (non-hydrogen) atoms. The quantitative estimate of drug-likeness (QED) is 0.782. The maximum Gasteiger partial charge on any atom is 0.152 e. The first-order chi connectivity index (χ1) is 9.88. The van der Waals surface area contributed by atoms with Gasteiger partial charge in [0.15, 0.2) is 5.75 Å². The number of nitrogens with one attached hydrogen (secondary N) is 1. The van der Waals surface area contributed by atoms with Crippen molar-refractivity contribution in [3.05, 3.63) is 52.0 Å². The van der Waals surface area contributed by atoms with Gasteiger partial charge in [0.25, 0.3) is 0 Å². The minimum absolute atomic E-state index is 0.0909. The van der Waals surface area contributed by atoms with E-state index in [2.05, 4.69) is 41.4 Å². The van der Waals surface area contributed by atoms with Crippen LogP contribution in [-0.4, -0.2) is 19.2 Å². The van der Waals surface area contributed by atoms with Crippen LogP contribution in [0.2, 0.25) is 10.0 Å². The molecule has 1 unspecified atom stereocenters. The molecule has 0 amide bonds. The Morgan fingerprint density at radius 1 is 1.05 bits per heavy atom. The molecule has 0 aromatic heterocycles. The van der Waals surface area contributed by atoms with Crippen molar-refractivity contribution in [2.24, 2.45) is 0 Å². The predicted molar refractivity (Wildman–Crippen MR) is 90.9 cm³/mol. The number of nitrogens with zero attached hydrogens (tertiary/aromatic N) is 1. The van der Waals surface area contributed by atoms with Gasteiger partial charge in [-0.3, -0.25) is 0 Å². The van der Waals surface area contributed by atoms with Crippen molar-refractivity contribution >= 4 is 34.6 Å². The first-order valence-electron chi connectivity index (χ1n) is 6.60. The zero-order chi connectivity index (χ0) is 15.6. The number of benzene rings is 2. The first-order valence-corrected chi connectivity index (χ1v) is 7.36. The lowest BCUT2D eigenvalue weighted by Gasteiger charge is -2.18. The summed E-state index contributed by atoms with van der Waals surface area (Å²) in [6, 6.07) is 11.7. The van der Waals surface area contributed by atoms with Crippen LogP contribution in [0, 0.1) is 0 Å². The van der Waals surface area contributed by atoms with Gasteiger partial charge in [0, 0.05) is 31.5 Å². The maximum absolute atomic E-state index is 9.57. The molecule has 0 saturated carbocycles. The third-order valence-corrected chi connectivity index (χ3v) is 3.89. The molecule has 0 spiro atoms. The number of hydrogen-bond acceptors (Lipinski definition) is 3. The molecular formula is C16H18Cl2N2O. The fourth-order valence-electron chi connectivity index (χ4n) is 2.04. The Kier molecular flexibility index (Phi) is 4.86. The van der Waals surface area contributed by atoms with Gasteiger partial charge in [0.1, 0.15) is 0 Å². The van der Waals surface area contributed by atoms with E-state index < -0.39 is 0 Å². The topological polar surface area (TPSA) is 35.5 Å². The van der Waals surface area contributed by atoms with Gasteiger partial charge in [-0.1, -0.05) is 35.3 Å². The van der Waals surface area contributed by atoms with Crippen LogP contribution in [0.3, 0.4) is 0 Å². The van der Waals surface area contributed by atoms with Crippen molar-refractivity contribution in [1.29, 1.82) is 0 Å². The molecule has 0 aliphatic heterocycles. The van der Waals surface area contributed by atoms with Crippen LogP contribution in [0.15, 0.2) is 36.4 Å². The second kappa shape index (κ2) is 6.46. The summed E-state index contributed by atoms with van der Waals surface area (Å²) in [5, 5.41) is 13.4. The van der Waals surface area contributed by atoms with Crippen LogP contribution in [0.1, 0.15) is 18.5 Å². The van der Waals surface area contributed by atoms with E-state index in [9.17, 15) is 5.11 Å². The second-order valence-electron chi connectivity index (χ2n) is 5.14. The Labute approximate surface area is 135 Å². The molecule has 0 heterocycles. The molecule has 0 aliphatic carbocycles. The van der Waals surface area contributed by atoms with Crippen LogP contribution >= 0.6 is 23.2 Å². The highest BCUT2D eigenvalue weighted by molar-refractivity contribution is 6.37. The Bertz CT molecular complexity index is 604. The number of halogens is 2. The lowest BCUT2D eigenvalue weighted by atomic mass is 10.1. The molecule has 2 N–H and O–H groups in total. The molecule has 0 radical (unpaired) electrons. The summed E-state index contributed by atoms with van der Waals surface area (Å²) in [4.78, 5) is 2.06. The molecule has 5 heteroatoms. The third kappa shape index (κ3) is 3.74. The van der Waals surface area contributed by atoms with Crippen LogP contribution in [0.25, 0.3) is 0 Å².